The number of benzene rings is 2. The molecule has 26 heavy (non-hydrogen) atoms. The first-order valence-corrected chi connectivity index (χ1v) is 9.27. The number of aryl methyl sites for hydroxylation is 2. The predicted octanol–water partition coefficient (Wildman–Crippen LogP) is 4.71. The molecule has 1 amide bonds. The monoisotopic (exact) mass is 366 g/mol. The third-order valence-corrected chi connectivity index (χ3v) is 5.20. The van der Waals surface area contributed by atoms with Crippen molar-refractivity contribution in [1.82, 2.24) is 9.88 Å². The number of rotatable bonds is 5. The number of hydrogen-bond acceptors (Lipinski definition) is 4. The summed E-state index contributed by atoms with van der Waals surface area (Å²) in [6, 6.07) is 14.0. The van der Waals surface area contributed by atoms with Gasteiger partial charge in [0.1, 0.15) is 16.5 Å². The minimum atomic E-state index is -0.0685. The Morgan fingerprint density at radius 3 is 2.54 bits per heavy atom. The molecule has 0 aliphatic carbocycles. The number of carbonyl (C=O) groups excluding carboxylic acids is 1. The third kappa shape index (κ3) is 3.94. The number of methoxy groups -OCH3 is 1. The molecule has 0 aliphatic rings. The Labute approximate surface area is 158 Å². The molecule has 1 heterocycles. The van der Waals surface area contributed by atoms with Gasteiger partial charge in [-0.25, -0.2) is 4.98 Å². The normalized spacial score (nSPS) is 10.6. The van der Waals surface area contributed by atoms with Crippen molar-refractivity contribution in [3.05, 3.63) is 70.2 Å². The largest absolute Gasteiger partial charge is 0.497 e. The zero-order chi connectivity index (χ0) is 18.7. The van der Waals surface area contributed by atoms with E-state index in [0.717, 1.165) is 21.9 Å². The summed E-state index contributed by atoms with van der Waals surface area (Å²) in [5, 5.41) is 2.65. The molecule has 0 unspecified atom stereocenters. The van der Waals surface area contributed by atoms with Crippen molar-refractivity contribution in [2.75, 3.05) is 14.2 Å². The Morgan fingerprint density at radius 1 is 1.15 bits per heavy atom. The molecule has 0 fully saturated rings. The Balaban J connectivity index is 1.74. The number of carbonyl (C=O) groups is 1. The number of amides is 1. The van der Waals surface area contributed by atoms with Gasteiger partial charge >= 0.3 is 0 Å². The first-order chi connectivity index (χ1) is 12.5. The van der Waals surface area contributed by atoms with Crippen LogP contribution in [0.2, 0.25) is 0 Å². The summed E-state index contributed by atoms with van der Waals surface area (Å²) in [5.74, 6) is 0.732. The summed E-state index contributed by atoms with van der Waals surface area (Å²) >= 11 is 1.47. The topological polar surface area (TPSA) is 42.4 Å². The van der Waals surface area contributed by atoms with Crippen LogP contribution in [-0.2, 0) is 6.54 Å². The first-order valence-electron chi connectivity index (χ1n) is 8.39. The van der Waals surface area contributed by atoms with Gasteiger partial charge in [0.15, 0.2) is 0 Å². The molecule has 1 aromatic heterocycles. The molecule has 3 aromatic rings. The molecule has 0 aliphatic heterocycles. The highest BCUT2D eigenvalue weighted by molar-refractivity contribution is 7.13. The lowest BCUT2D eigenvalue weighted by Crippen LogP contribution is -2.26. The van der Waals surface area contributed by atoms with Crippen molar-refractivity contribution < 1.29 is 9.53 Å². The van der Waals surface area contributed by atoms with Crippen molar-refractivity contribution in [2.45, 2.75) is 20.4 Å². The second-order valence-electron chi connectivity index (χ2n) is 6.36. The highest BCUT2D eigenvalue weighted by atomic mass is 32.1. The standard InChI is InChI=1S/C21H22N2O2S/c1-14-5-6-17(15(2)11-14)12-23(3)21(24)19-13-26-20(22-19)16-7-9-18(25-4)10-8-16/h5-11,13H,12H2,1-4H3. The molecular weight excluding hydrogens is 344 g/mol. The first kappa shape index (κ1) is 18.1. The lowest BCUT2D eigenvalue weighted by atomic mass is 10.1. The van der Waals surface area contributed by atoms with E-state index >= 15 is 0 Å². The van der Waals surface area contributed by atoms with Gasteiger partial charge in [-0.05, 0) is 49.2 Å². The second-order valence-corrected chi connectivity index (χ2v) is 7.22. The minimum absolute atomic E-state index is 0.0685. The van der Waals surface area contributed by atoms with E-state index in [4.69, 9.17) is 4.74 Å². The van der Waals surface area contributed by atoms with Crippen LogP contribution in [0.5, 0.6) is 5.75 Å². The highest BCUT2D eigenvalue weighted by Crippen LogP contribution is 2.26. The molecule has 0 saturated carbocycles. The number of aromatic nitrogens is 1. The Bertz CT molecular complexity index is 916. The van der Waals surface area contributed by atoms with Gasteiger partial charge in [-0.1, -0.05) is 23.8 Å². The molecular formula is C21H22N2O2S. The quantitative estimate of drug-likeness (QED) is 0.657. The van der Waals surface area contributed by atoms with E-state index in [1.54, 1.807) is 12.0 Å². The lowest BCUT2D eigenvalue weighted by Gasteiger charge is -2.17. The van der Waals surface area contributed by atoms with Crippen LogP contribution >= 0.6 is 11.3 Å². The van der Waals surface area contributed by atoms with E-state index in [9.17, 15) is 4.79 Å². The van der Waals surface area contributed by atoms with Crippen LogP contribution in [0.3, 0.4) is 0 Å². The zero-order valence-corrected chi connectivity index (χ0v) is 16.3. The smallest absolute Gasteiger partial charge is 0.273 e. The summed E-state index contributed by atoms with van der Waals surface area (Å²) in [4.78, 5) is 19.0. The molecule has 3 rings (SSSR count). The number of thiazole rings is 1. The van der Waals surface area contributed by atoms with Crippen LogP contribution in [0, 0.1) is 13.8 Å². The fourth-order valence-corrected chi connectivity index (χ4v) is 3.58. The molecule has 0 spiro atoms. The van der Waals surface area contributed by atoms with E-state index in [-0.39, 0.29) is 5.91 Å². The number of hydrogen-bond donors (Lipinski definition) is 0. The van der Waals surface area contributed by atoms with Crippen LogP contribution in [0.1, 0.15) is 27.2 Å². The fraction of sp³-hybridized carbons (Fsp3) is 0.238. The average molecular weight is 366 g/mol. The molecule has 0 saturated heterocycles. The van der Waals surface area contributed by atoms with E-state index in [0.29, 0.717) is 12.2 Å². The SMILES string of the molecule is COc1ccc(-c2nc(C(=O)N(C)Cc3ccc(C)cc3C)cs2)cc1. The van der Waals surface area contributed by atoms with Gasteiger partial charge in [0, 0.05) is 24.5 Å². The van der Waals surface area contributed by atoms with Gasteiger partial charge in [-0.3, -0.25) is 4.79 Å². The van der Waals surface area contributed by atoms with Crippen molar-refractivity contribution >= 4 is 17.2 Å². The predicted molar refractivity (Wildman–Crippen MR) is 106 cm³/mol. The molecule has 0 atom stereocenters. The average Bonchev–Trinajstić information content (AvgIpc) is 3.13. The Morgan fingerprint density at radius 2 is 1.88 bits per heavy atom. The highest BCUT2D eigenvalue weighted by Gasteiger charge is 2.17. The maximum Gasteiger partial charge on any atom is 0.273 e. The van der Waals surface area contributed by atoms with E-state index < -0.39 is 0 Å². The van der Waals surface area contributed by atoms with E-state index in [1.807, 2.05) is 36.7 Å². The van der Waals surface area contributed by atoms with Crippen molar-refractivity contribution in [1.29, 1.82) is 0 Å². The molecule has 2 aromatic carbocycles. The number of nitrogens with zero attached hydrogens (tertiary/aromatic N) is 2. The molecule has 4 nitrogen and oxygen atoms in total. The Kier molecular flexibility index (Phi) is 5.38. The van der Waals surface area contributed by atoms with Crippen LogP contribution in [0.15, 0.2) is 47.8 Å². The lowest BCUT2D eigenvalue weighted by molar-refractivity contribution is 0.0780. The molecule has 5 heteroatoms. The van der Waals surface area contributed by atoms with Gasteiger partial charge in [0.05, 0.1) is 7.11 Å². The van der Waals surface area contributed by atoms with Gasteiger partial charge in [-0.2, -0.15) is 0 Å². The van der Waals surface area contributed by atoms with E-state index in [1.165, 1.54) is 22.5 Å². The summed E-state index contributed by atoms with van der Waals surface area (Å²) in [5.41, 5.74) is 5.03. The van der Waals surface area contributed by atoms with Crippen LogP contribution in [-0.4, -0.2) is 29.9 Å². The van der Waals surface area contributed by atoms with Crippen LogP contribution < -0.4 is 4.74 Å². The van der Waals surface area contributed by atoms with Crippen LogP contribution in [0.25, 0.3) is 10.6 Å². The maximum absolute atomic E-state index is 12.7. The molecule has 0 N–H and O–H groups in total. The van der Waals surface area contributed by atoms with Gasteiger partial charge in [0.2, 0.25) is 0 Å². The minimum Gasteiger partial charge on any atom is -0.497 e. The van der Waals surface area contributed by atoms with E-state index in [2.05, 4.69) is 37.0 Å². The number of ether oxygens (including phenoxy) is 1. The van der Waals surface area contributed by atoms with Gasteiger partial charge < -0.3 is 9.64 Å². The summed E-state index contributed by atoms with van der Waals surface area (Å²) < 4.78 is 5.18. The molecule has 134 valence electrons. The fourth-order valence-electron chi connectivity index (χ4n) is 2.78. The maximum atomic E-state index is 12.7. The second kappa shape index (κ2) is 7.70. The summed E-state index contributed by atoms with van der Waals surface area (Å²) in [7, 11) is 3.45. The van der Waals surface area contributed by atoms with Gasteiger partial charge in [-0.15, -0.1) is 11.3 Å². The van der Waals surface area contributed by atoms with Crippen molar-refractivity contribution in [3.63, 3.8) is 0 Å². The third-order valence-electron chi connectivity index (χ3n) is 4.31. The Hall–Kier alpha value is -2.66. The summed E-state index contributed by atoms with van der Waals surface area (Å²) in [6.45, 7) is 4.72. The zero-order valence-electron chi connectivity index (χ0n) is 15.4. The molecule has 0 radical (unpaired) electrons. The van der Waals surface area contributed by atoms with Crippen molar-refractivity contribution in [2.24, 2.45) is 0 Å². The van der Waals surface area contributed by atoms with Crippen LogP contribution in [0.4, 0.5) is 0 Å². The van der Waals surface area contributed by atoms with Gasteiger partial charge in [0.25, 0.3) is 5.91 Å². The van der Waals surface area contributed by atoms with Crippen molar-refractivity contribution in [3.8, 4) is 16.3 Å². The summed E-state index contributed by atoms with van der Waals surface area (Å²) in [6.07, 6.45) is 0. The molecule has 0 bridgehead atoms.